The Balaban J connectivity index is 2.18. The van der Waals surface area contributed by atoms with E-state index in [1.54, 1.807) is 11.0 Å². The summed E-state index contributed by atoms with van der Waals surface area (Å²) in [7, 11) is 0. The number of hydrogen-bond donors (Lipinski definition) is 0. The number of halogens is 1. The normalized spacial score (nSPS) is 23.3. The molecule has 1 saturated heterocycles. The van der Waals surface area contributed by atoms with Gasteiger partial charge >= 0.3 is 0 Å². The second kappa shape index (κ2) is 3.32. The van der Waals surface area contributed by atoms with Crippen molar-refractivity contribution in [3.8, 4) is 0 Å². The summed E-state index contributed by atoms with van der Waals surface area (Å²) in [6.45, 7) is 0.628. The van der Waals surface area contributed by atoms with Crippen molar-refractivity contribution < 1.29 is 9.59 Å². The second-order valence-corrected chi connectivity index (χ2v) is 4.60. The highest BCUT2D eigenvalue weighted by atomic mass is 35.5. The molecule has 0 bridgehead atoms. The average Bonchev–Trinajstić information content (AvgIpc) is 2.55. The van der Waals surface area contributed by atoms with E-state index in [2.05, 4.69) is 0 Å². The van der Waals surface area contributed by atoms with Crippen LogP contribution in [-0.4, -0.2) is 23.1 Å². The maximum Gasteiger partial charge on any atom is 0.231 e. The number of benzene rings is 1. The van der Waals surface area contributed by atoms with E-state index in [9.17, 15) is 9.59 Å². The summed E-state index contributed by atoms with van der Waals surface area (Å²) >= 11 is 6.13. The third-order valence-electron chi connectivity index (χ3n) is 3.30. The van der Waals surface area contributed by atoms with Gasteiger partial charge in [0.1, 0.15) is 6.04 Å². The summed E-state index contributed by atoms with van der Waals surface area (Å²) in [5, 5.41) is 0.593. The highest BCUT2D eigenvalue weighted by molar-refractivity contribution is 6.32. The summed E-state index contributed by atoms with van der Waals surface area (Å²) in [5.41, 5.74) is 1.93. The largest absolute Gasteiger partial charge is 0.328 e. The van der Waals surface area contributed by atoms with Gasteiger partial charge in [0.2, 0.25) is 5.91 Å². The van der Waals surface area contributed by atoms with Crippen LogP contribution in [0.15, 0.2) is 18.2 Å². The van der Waals surface area contributed by atoms with E-state index in [1.807, 2.05) is 12.1 Å². The molecule has 2 aliphatic heterocycles. The molecular formula is C12H10ClNO2. The van der Waals surface area contributed by atoms with Gasteiger partial charge in [0.05, 0.1) is 6.42 Å². The minimum absolute atomic E-state index is 0.0231. The van der Waals surface area contributed by atoms with Crippen LogP contribution in [0.25, 0.3) is 0 Å². The van der Waals surface area contributed by atoms with Gasteiger partial charge in [0.25, 0.3) is 0 Å². The molecule has 0 saturated carbocycles. The van der Waals surface area contributed by atoms with Crippen LogP contribution in [0.2, 0.25) is 5.02 Å². The molecule has 1 aromatic rings. The van der Waals surface area contributed by atoms with Crippen molar-refractivity contribution in [1.82, 2.24) is 4.90 Å². The summed E-state index contributed by atoms with van der Waals surface area (Å²) in [5.74, 6) is -0.0976. The standard InChI is InChI=1S/C12H10ClNO2/c13-8-3-1-2-7-4-5-14-10(16)6-9(15)12(14)11(7)8/h1-3,12H,4-6H2. The summed E-state index contributed by atoms with van der Waals surface area (Å²) < 4.78 is 0. The summed E-state index contributed by atoms with van der Waals surface area (Å²) in [6, 6.07) is 5.22. The molecular weight excluding hydrogens is 226 g/mol. The molecule has 2 aliphatic rings. The third kappa shape index (κ3) is 1.21. The molecule has 16 heavy (non-hydrogen) atoms. The smallest absolute Gasteiger partial charge is 0.231 e. The Bertz CT molecular complexity index is 498. The van der Waals surface area contributed by atoms with Crippen molar-refractivity contribution in [1.29, 1.82) is 0 Å². The zero-order valence-corrected chi connectivity index (χ0v) is 9.33. The molecule has 3 rings (SSSR count). The van der Waals surface area contributed by atoms with E-state index in [0.717, 1.165) is 17.5 Å². The molecule has 1 aromatic carbocycles. The van der Waals surface area contributed by atoms with Crippen LogP contribution >= 0.6 is 11.6 Å². The number of nitrogens with zero attached hydrogens (tertiary/aromatic N) is 1. The van der Waals surface area contributed by atoms with E-state index < -0.39 is 6.04 Å². The minimum atomic E-state index is -0.426. The average molecular weight is 236 g/mol. The molecule has 2 heterocycles. The fraction of sp³-hybridized carbons (Fsp3) is 0.333. The van der Waals surface area contributed by atoms with E-state index in [1.165, 1.54) is 0 Å². The van der Waals surface area contributed by atoms with Gasteiger partial charge in [-0.3, -0.25) is 9.59 Å². The van der Waals surface area contributed by atoms with Crippen molar-refractivity contribution >= 4 is 23.3 Å². The fourth-order valence-electron chi connectivity index (χ4n) is 2.58. The Morgan fingerprint density at radius 1 is 1.31 bits per heavy atom. The maximum atomic E-state index is 11.8. The maximum absolute atomic E-state index is 11.8. The lowest BCUT2D eigenvalue weighted by Crippen LogP contribution is -2.35. The predicted molar refractivity (Wildman–Crippen MR) is 59.2 cm³/mol. The third-order valence-corrected chi connectivity index (χ3v) is 3.63. The quantitative estimate of drug-likeness (QED) is 0.643. The summed E-state index contributed by atoms with van der Waals surface area (Å²) in [6.07, 6.45) is 0.806. The molecule has 1 atom stereocenters. The van der Waals surface area contributed by atoms with Crippen LogP contribution in [0.3, 0.4) is 0 Å². The first-order valence-electron chi connectivity index (χ1n) is 5.28. The molecule has 0 spiro atoms. The van der Waals surface area contributed by atoms with Gasteiger partial charge in [0.15, 0.2) is 5.78 Å². The molecule has 1 fully saturated rings. The number of carbonyl (C=O) groups is 2. The first-order chi connectivity index (χ1) is 7.68. The van der Waals surface area contributed by atoms with Gasteiger partial charge < -0.3 is 4.90 Å². The SMILES string of the molecule is O=C1CC(=O)N2CCc3cccc(Cl)c3C12. The molecule has 0 aromatic heterocycles. The van der Waals surface area contributed by atoms with Gasteiger partial charge in [-0.2, -0.15) is 0 Å². The molecule has 0 N–H and O–H groups in total. The minimum Gasteiger partial charge on any atom is -0.328 e. The van der Waals surface area contributed by atoms with Crippen LogP contribution in [0.4, 0.5) is 0 Å². The van der Waals surface area contributed by atoms with Gasteiger partial charge in [-0.25, -0.2) is 0 Å². The number of amides is 1. The molecule has 4 heteroatoms. The zero-order valence-electron chi connectivity index (χ0n) is 8.57. The van der Waals surface area contributed by atoms with E-state index >= 15 is 0 Å². The Kier molecular flexibility index (Phi) is 2.04. The first-order valence-corrected chi connectivity index (χ1v) is 5.66. The highest BCUT2D eigenvalue weighted by Crippen LogP contribution is 2.39. The monoisotopic (exact) mass is 235 g/mol. The number of Topliss-reactive ketones (excluding diaryl/α,β-unsaturated/α-hetero) is 1. The van der Waals surface area contributed by atoms with Gasteiger partial charge in [-0.1, -0.05) is 23.7 Å². The lowest BCUT2D eigenvalue weighted by atomic mass is 9.92. The molecule has 0 radical (unpaired) electrons. The van der Waals surface area contributed by atoms with Crippen LogP contribution in [0, 0.1) is 0 Å². The number of ketones is 1. The second-order valence-electron chi connectivity index (χ2n) is 4.20. The van der Waals surface area contributed by atoms with Crippen LogP contribution < -0.4 is 0 Å². The number of carbonyl (C=O) groups excluding carboxylic acids is 2. The van der Waals surface area contributed by atoms with E-state index in [-0.39, 0.29) is 18.1 Å². The molecule has 3 nitrogen and oxygen atoms in total. The van der Waals surface area contributed by atoms with Crippen molar-refractivity contribution in [2.24, 2.45) is 0 Å². The van der Waals surface area contributed by atoms with Crippen LogP contribution in [-0.2, 0) is 16.0 Å². The van der Waals surface area contributed by atoms with Gasteiger partial charge in [0, 0.05) is 17.1 Å². The lowest BCUT2D eigenvalue weighted by molar-refractivity contribution is -0.129. The number of fused-ring (bicyclic) bond motifs is 3. The lowest BCUT2D eigenvalue weighted by Gasteiger charge is -2.31. The van der Waals surface area contributed by atoms with Crippen LogP contribution in [0.1, 0.15) is 23.6 Å². The highest BCUT2D eigenvalue weighted by Gasteiger charge is 2.43. The van der Waals surface area contributed by atoms with E-state index in [4.69, 9.17) is 11.6 Å². The van der Waals surface area contributed by atoms with Gasteiger partial charge in [-0.15, -0.1) is 0 Å². The zero-order chi connectivity index (χ0) is 11.3. The molecule has 1 unspecified atom stereocenters. The van der Waals surface area contributed by atoms with E-state index in [0.29, 0.717) is 11.6 Å². The predicted octanol–water partition coefficient (Wildman–Crippen LogP) is 1.74. The Hall–Kier alpha value is -1.35. The van der Waals surface area contributed by atoms with Gasteiger partial charge in [-0.05, 0) is 18.1 Å². The number of rotatable bonds is 0. The van der Waals surface area contributed by atoms with Crippen molar-refractivity contribution in [2.75, 3.05) is 6.54 Å². The molecule has 0 aliphatic carbocycles. The van der Waals surface area contributed by atoms with Crippen LogP contribution in [0.5, 0.6) is 0 Å². The Morgan fingerprint density at radius 2 is 2.12 bits per heavy atom. The summed E-state index contributed by atoms with van der Waals surface area (Å²) in [4.78, 5) is 25.1. The fourth-order valence-corrected chi connectivity index (χ4v) is 2.88. The molecule has 82 valence electrons. The first kappa shape index (κ1) is 9.85. The van der Waals surface area contributed by atoms with Crippen molar-refractivity contribution in [3.63, 3.8) is 0 Å². The topological polar surface area (TPSA) is 37.4 Å². The van der Waals surface area contributed by atoms with Crippen molar-refractivity contribution in [3.05, 3.63) is 34.3 Å². The molecule has 1 amide bonds. The Labute approximate surface area is 98.0 Å². The Morgan fingerprint density at radius 3 is 2.94 bits per heavy atom. The number of hydrogen-bond acceptors (Lipinski definition) is 2. The van der Waals surface area contributed by atoms with Crippen molar-refractivity contribution in [2.45, 2.75) is 18.9 Å².